The summed E-state index contributed by atoms with van der Waals surface area (Å²) < 4.78 is 0. The van der Waals surface area contributed by atoms with Gasteiger partial charge in [0, 0.05) is 10.8 Å². The fourth-order valence-corrected chi connectivity index (χ4v) is 4.17. The van der Waals surface area contributed by atoms with Gasteiger partial charge in [-0.15, -0.1) is 0 Å². The quantitative estimate of drug-likeness (QED) is 0.750. The zero-order valence-corrected chi connectivity index (χ0v) is 9.46. The Bertz CT molecular complexity index is 157. The number of thioether (sulfide) groups is 1. The van der Waals surface area contributed by atoms with Crippen molar-refractivity contribution in [3.05, 3.63) is 0 Å². The zero-order valence-electron chi connectivity index (χ0n) is 8.64. The van der Waals surface area contributed by atoms with Crippen molar-refractivity contribution in [2.75, 3.05) is 12.3 Å². The second-order valence-corrected chi connectivity index (χ2v) is 5.91. The molecule has 2 fully saturated rings. The van der Waals surface area contributed by atoms with E-state index in [1.54, 1.807) is 0 Å². The van der Waals surface area contributed by atoms with Gasteiger partial charge in [0.05, 0.1) is 0 Å². The van der Waals surface area contributed by atoms with E-state index in [0.29, 0.717) is 5.54 Å². The highest BCUT2D eigenvalue weighted by Crippen LogP contribution is 2.37. The van der Waals surface area contributed by atoms with Gasteiger partial charge in [0.15, 0.2) is 0 Å². The summed E-state index contributed by atoms with van der Waals surface area (Å²) in [7, 11) is 0. The van der Waals surface area contributed by atoms with Crippen LogP contribution < -0.4 is 5.32 Å². The van der Waals surface area contributed by atoms with Crippen molar-refractivity contribution in [3.63, 3.8) is 0 Å². The monoisotopic (exact) mass is 199 g/mol. The molecule has 0 spiro atoms. The molecule has 0 amide bonds. The first kappa shape index (κ1) is 9.85. The van der Waals surface area contributed by atoms with Gasteiger partial charge in [-0.25, -0.2) is 0 Å². The number of nitrogens with one attached hydrogen (secondary N) is 1. The van der Waals surface area contributed by atoms with Crippen LogP contribution in [0, 0.1) is 0 Å². The summed E-state index contributed by atoms with van der Waals surface area (Å²) in [4.78, 5) is 0. The average Bonchev–Trinajstić information content (AvgIpc) is 2.77. The Balaban J connectivity index is 1.88. The van der Waals surface area contributed by atoms with E-state index in [9.17, 15) is 0 Å². The maximum atomic E-state index is 3.73. The molecule has 76 valence electrons. The maximum Gasteiger partial charge on any atom is 0.0189 e. The predicted molar refractivity (Wildman–Crippen MR) is 60.4 cm³/mol. The van der Waals surface area contributed by atoms with Crippen molar-refractivity contribution < 1.29 is 0 Å². The highest BCUT2D eigenvalue weighted by atomic mass is 32.2. The Kier molecular flexibility index (Phi) is 3.20. The molecule has 13 heavy (non-hydrogen) atoms. The van der Waals surface area contributed by atoms with Crippen LogP contribution in [0.15, 0.2) is 0 Å². The Morgan fingerprint density at radius 1 is 1.46 bits per heavy atom. The van der Waals surface area contributed by atoms with Crippen molar-refractivity contribution in [1.29, 1.82) is 0 Å². The summed E-state index contributed by atoms with van der Waals surface area (Å²) in [5.74, 6) is 1.41. The smallest absolute Gasteiger partial charge is 0.0189 e. The van der Waals surface area contributed by atoms with E-state index >= 15 is 0 Å². The van der Waals surface area contributed by atoms with Crippen LogP contribution in [-0.2, 0) is 0 Å². The molecule has 2 aliphatic rings. The lowest BCUT2D eigenvalue weighted by Crippen LogP contribution is -2.41. The van der Waals surface area contributed by atoms with Crippen molar-refractivity contribution in [2.24, 2.45) is 0 Å². The fourth-order valence-electron chi connectivity index (χ4n) is 2.73. The van der Waals surface area contributed by atoms with E-state index in [4.69, 9.17) is 0 Å². The lowest BCUT2D eigenvalue weighted by molar-refractivity contribution is 0.330. The van der Waals surface area contributed by atoms with Crippen molar-refractivity contribution in [3.8, 4) is 0 Å². The first-order valence-electron chi connectivity index (χ1n) is 5.71. The van der Waals surface area contributed by atoms with Gasteiger partial charge in [0.1, 0.15) is 0 Å². The van der Waals surface area contributed by atoms with Crippen molar-refractivity contribution in [1.82, 2.24) is 5.32 Å². The largest absolute Gasteiger partial charge is 0.311 e. The molecule has 2 unspecified atom stereocenters. The van der Waals surface area contributed by atoms with Gasteiger partial charge < -0.3 is 5.32 Å². The van der Waals surface area contributed by atoms with Crippen LogP contribution in [0.4, 0.5) is 0 Å². The molecule has 2 rings (SSSR count). The van der Waals surface area contributed by atoms with E-state index in [-0.39, 0.29) is 0 Å². The lowest BCUT2D eigenvalue weighted by Gasteiger charge is -2.30. The Hall–Kier alpha value is 0.310. The van der Waals surface area contributed by atoms with E-state index < -0.39 is 0 Å². The predicted octanol–water partition coefficient (Wildman–Crippen LogP) is 2.80. The third kappa shape index (κ3) is 2.21. The first-order valence-corrected chi connectivity index (χ1v) is 6.76. The van der Waals surface area contributed by atoms with Gasteiger partial charge in [-0.05, 0) is 50.8 Å². The van der Waals surface area contributed by atoms with Gasteiger partial charge in [-0.3, -0.25) is 0 Å². The molecule has 1 nitrogen and oxygen atoms in total. The van der Waals surface area contributed by atoms with E-state index in [1.165, 1.54) is 50.8 Å². The van der Waals surface area contributed by atoms with E-state index in [0.717, 1.165) is 5.25 Å². The Labute approximate surface area is 86.0 Å². The summed E-state index contributed by atoms with van der Waals surface area (Å²) in [6.45, 7) is 3.60. The molecule has 0 aromatic carbocycles. The summed E-state index contributed by atoms with van der Waals surface area (Å²) in [6, 6.07) is 0. The Morgan fingerprint density at radius 2 is 2.38 bits per heavy atom. The van der Waals surface area contributed by atoms with Gasteiger partial charge in [-0.2, -0.15) is 11.8 Å². The third-order valence-corrected chi connectivity index (χ3v) is 5.05. The normalized spacial score (nSPS) is 39.9. The van der Waals surface area contributed by atoms with Crippen molar-refractivity contribution in [2.45, 2.75) is 56.2 Å². The first-order chi connectivity index (χ1) is 6.35. The van der Waals surface area contributed by atoms with Crippen LogP contribution in [0.2, 0.25) is 0 Å². The summed E-state index contributed by atoms with van der Waals surface area (Å²) in [5.41, 5.74) is 0.530. The molecule has 0 bridgehead atoms. The second-order valence-electron chi connectivity index (χ2n) is 4.50. The van der Waals surface area contributed by atoms with E-state index in [2.05, 4.69) is 24.0 Å². The topological polar surface area (TPSA) is 12.0 Å². The second kappa shape index (κ2) is 4.22. The van der Waals surface area contributed by atoms with Crippen LogP contribution in [0.25, 0.3) is 0 Å². The number of hydrogen-bond donors (Lipinski definition) is 1. The lowest BCUT2D eigenvalue weighted by atomic mass is 9.88. The van der Waals surface area contributed by atoms with Crippen molar-refractivity contribution >= 4 is 11.8 Å². The molecule has 0 aliphatic carbocycles. The highest BCUT2D eigenvalue weighted by Gasteiger charge is 2.34. The zero-order chi connectivity index (χ0) is 9.15. The standard InChI is InChI=1S/C11H21NS/c1-2-11(6-4-7-12-11)9-10-5-3-8-13-10/h10,12H,2-9H2,1H3. The fraction of sp³-hybridized carbons (Fsp3) is 1.00. The molecule has 0 saturated carbocycles. The van der Waals surface area contributed by atoms with E-state index in [1.807, 2.05) is 0 Å². The Morgan fingerprint density at radius 3 is 2.92 bits per heavy atom. The van der Waals surface area contributed by atoms with Crippen LogP contribution in [0.1, 0.15) is 45.4 Å². The van der Waals surface area contributed by atoms with Gasteiger partial charge >= 0.3 is 0 Å². The molecular weight excluding hydrogens is 178 g/mol. The molecule has 0 aromatic heterocycles. The van der Waals surface area contributed by atoms with Gasteiger partial charge in [0.25, 0.3) is 0 Å². The minimum atomic E-state index is 0.530. The molecule has 2 aliphatic heterocycles. The SMILES string of the molecule is CCC1(CC2CCCS2)CCCN1. The summed E-state index contributed by atoms with van der Waals surface area (Å²) >= 11 is 2.20. The molecule has 0 aromatic rings. The summed E-state index contributed by atoms with van der Waals surface area (Å²) in [6.07, 6.45) is 8.48. The molecule has 1 N–H and O–H groups in total. The highest BCUT2D eigenvalue weighted by molar-refractivity contribution is 8.00. The molecule has 2 saturated heterocycles. The average molecular weight is 199 g/mol. The minimum absolute atomic E-state index is 0.530. The van der Waals surface area contributed by atoms with Crippen LogP contribution in [-0.4, -0.2) is 23.1 Å². The van der Waals surface area contributed by atoms with Crippen LogP contribution in [0.3, 0.4) is 0 Å². The van der Waals surface area contributed by atoms with Gasteiger partial charge in [0.2, 0.25) is 0 Å². The summed E-state index contributed by atoms with van der Waals surface area (Å²) in [5, 5.41) is 4.70. The number of rotatable bonds is 3. The third-order valence-electron chi connectivity index (χ3n) is 3.65. The number of hydrogen-bond acceptors (Lipinski definition) is 2. The molecule has 2 heteroatoms. The molecular formula is C11H21NS. The van der Waals surface area contributed by atoms with Crippen LogP contribution in [0.5, 0.6) is 0 Å². The molecule has 2 atom stereocenters. The molecule has 2 heterocycles. The molecule has 0 radical (unpaired) electrons. The maximum absolute atomic E-state index is 3.73. The van der Waals surface area contributed by atoms with Gasteiger partial charge in [-0.1, -0.05) is 6.92 Å². The minimum Gasteiger partial charge on any atom is -0.311 e. The van der Waals surface area contributed by atoms with Crippen LogP contribution >= 0.6 is 11.8 Å².